The summed E-state index contributed by atoms with van der Waals surface area (Å²) in [5, 5.41) is 2.60. The molecule has 0 aromatic heterocycles. The van der Waals surface area contributed by atoms with E-state index in [0.717, 1.165) is 6.42 Å². The minimum atomic E-state index is -2.58. The lowest BCUT2D eigenvalue weighted by molar-refractivity contribution is -0.0749. The molecule has 0 radical (unpaired) electrons. The van der Waals surface area contributed by atoms with Gasteiger partial charge in [0.25, 0.3) is 8.32 Å². The van der Waals surface area contributed by atoms with Crippen LogP contribution < -0.4 is 10.4 Å². The summed E-state index contributed by atoms with van der Waals surface area (Å²) in [5.74, 6) is 0. The van der Waals surface area contributed by atoms with E-state index in [1.54, 1.807) is 0 Å². The smallest absolute Gasteiger partial charge is 0.261 e. The van der Waals surface area contributed by atoms with Crippen LogP contribution in [0.4, 0.5) is 0 Å². The third-order valence-electron chi connectivity index (χ3n) is 6.62. The van der Waals surface area contributed by atoms with Crippen molar-refractivity contribution < 1.29 is 9.16 Å². The average molecular weight is 437 g/mol. The molecule has 0 bridgehead atoms. The van der Waals surface area contributed by atoms with Crippen molar-refractivity contribution in [3.63, 3.8) is 0 Å². The molecule has 0 N–H and O–H groups in total. The molecule has 0 spiro atoms. The van der Waals surface area contributed by atoms with Crippen LogP contribution in [0.1, 0.15) is 66.2 Å². The maximum atomic E-state index is 7.30. The molecule has 31 heavy (non-hydrogen) atoms. The number of ether oxygens (including phenoxy) is 1. The molecule has 3 heteroatoms. The van der Waals surface area contributed by atoms with Gasteiger partial charge in [0.2, 0.25) is 0 Å². The van der Waals surface area contributed by atoms with Gasteiger partial charge >= 0.3 is 0 Å². The maximum absolute atomic E-state index is 7.30. The Morgan fingerprint density at radius 1 is 0.935 bits per heavy atom. The van der Waals surface area contributed by atoms with Gasteiger partial charge in [0, 0.05) is 0 Å². The van der Waals surface area contributed by atoms with Crippen LogP contribution in [-0.4, -0.2) is 26.6 Å². The van der Waals surface area contributed by atoms with E-state index in [9.17, 15) is 0 Å². The van der Waals surface area contributed by atoms with Crippen LogP contribution in [-0.2, 0) is 9.16 Å². The minimum Gasteiger partial charge on any atom is -0.402 e. The van der Waals surface area contributed by atoms with E-state index in [2.05, 4.69) is 94.9 Å². The Morgan fingerprint density at radius 3 is 1.90 bits per heavy atom. The predicted octanol–water partition coefficient (Wildman–Crippen LogP) is 6.25. The fourth-order valence-electron chi connectivity index (χ4n) is 5.02. The summed E-state index contributed by atoms with van der Waals surface area (Å²) in [6, 6.07) is 21.7. The summed E-state index contributed by atoms with van der Waals surface area (Å²) < 4.78 is 13.9. The quantitative estimate of drug-likeness (QED) is 0.342. The zero-order chi connectivity index (χ0) is 22.3. The number of hydrogen-bond acceptors (Lipinski definition) is 2. The Balaban J connectivity index is 1.99. The summed E-state index contributed by atoms with van der Waals surface area (Å²) in [7, 11) is -2.58. The number of rotatable bonds is 9. The Bertz CT molecular complexity index is 751. The molecule has 0 amide bonds. The van der Waals surface area contributed by atoms with Gasteiger partial charge in [-0.05, 0) is 41.6 Å². The van der Waals surface area contributed by atoms with Crippen molar-refractivity contribution in [2.45, 2.75) is 89.6 Å². The highest BCUT2D eigenvalue weighted by molar-refractivity contribution is 6.99. The molecule has 2 aromatic carbocycles. The lowest BCUT2D eigenvalue weighted by Crippen LogP contribution is -2.68. The molecule has 1 aliphatic carbocycles. The summed E-state index contributed by atoms with van der Waals surface area (Å²) >= 11 is 0. The van der Waals surface area contributed by atoms with Crippen LogP contribution in [0.3, 0.4) is 0 Å². The summed E-state index contributed by atoms with van der Waals surface area (Å²) in [4.78, 5) is 0. The van der Waals surface area contributed by atoms with Gasteiger partial charge in [-0.2, -0.15) is 0 Å². The maximum Gasteiger partial charge on any atom is 0.261 e. The Morgan fingerprint density at radius 2 is 1.45 bits per heavy atom. The molecular weight excluding hydrogens is 396 g/mol. The fourth-order valence-corrected chi connectivity index (χ4v) is 9.74. The van der Waals surface area contributed by atoms with Crippen molar-refractivity contribution in [2.24, 2.45) is 0 Å². The molecule has 0 saturated heterocycles. The SMILES string of the molecule is C=CC[C@@H](OC1CCCCC1)[C@H](C)O[Si](c1ccccc1)(c1ccccc1)C(C)(C)C. The number of hydrogen-bond donors (Lipinski definition) is 0. The first-order valence-corrected chi connectivity index (χ1v) is 13.8. The molecule has 2 atom stereocenters. The normalized spacial score (nSPS) is 17.8. The molecule has 1 fully saturated rings. The zero-order valence-electron chi connectivity index (χ0n) is 19.8. The monoisotopic (exact) mass is 436 g/mol. The van der Waals surface area contributed by atoms with Crippen molar-refractivity contribution in [1.29, 1.82) is 0 Å². The van der Waals surface area contributed by atoms with Crippen molar-refractivity contribution >= 4 is 18.7 Å². The van der Waals surface area contributed by atoms with Gasteiger partial charge in [0.05, 0.1) is 18.3 Å². The molecule has 2 nitrogen and oxygen atoms in total. The van der Waals surface area contributed by atoms with Crippen LogP contribution in [0.5, 0.6) is 0 Å². The van der Waals surface area contributed by atoms with Crippen molar-refractivity contribution in [1.82, 2.24) is 0 Å². The van der Waals surface area contributed by atoms with E-state index in [4.69, 9.17) is 9.16 Å². The standard InChI is InChI=1S/C28H40O2Si/c1-6-16-27(29-24-17-10-7-11-18-24)23(2)30-31(28(3,4)5,25-19-12-8-13-20-25)26-21-14-9-15-22-26/h6,8-9,12-15,19-24,27H,1,7,10-11,16-18H2,2-5H3/t23-,27+/m0/s1. The number of benzene rings is 2. The molecule has 3 rings (SSSR count). The molecule has 0 aliphatic heterocycles. The van der Waals surface area contributed by atoms with Crippen molar-refractivity contribution in [3.05, 3.63) is 73.3 Å². The highest BCUT2D eigenvalue weighted by Crippen LogP contribution is 2.38. The van der Waals surface area contributed by atoms with Crippen LogP contribution in [0.2, 0.25) is 5.04 Å². The first kappa shape index (κ1) is 24.0. The van der Waals surface area contributed by atoms with Gasteiger partial charge in [-0.3, -0.25) is 0 Å². The van der Waals surface area contributed by atoms with E-state index in [0.29, 0.717) is 6.10 Å². The van der Waals surface area contributed by atoms with Crippen LogP contribution in [0.25, 0.3) is 0 Å². The molecule has 168 valence electrons. The fraction of sp³-hybridized carbons (Fsp3) is 0.500. The topological polar surface area (TPSA) is 18.5 Å². The first-order chi connectivity index (χ1) is 14.9. The lowest BCUT2D eigenvalue weighted by Gasteiger charge is -2.46. The third-order valence-corrected chi connectivity index (χ3v) is 11.8. The molecule has 1 saturated carbocycles. The van der Waals surface area contributed by atoms with Crippen LogP contribution >= 0.6 is 0 Å². The highest BCUT2D eigenvalue weighted by Gasteiger charge is 2.51. The Kier molecular flexibility index (Phi) is 8.32. The van der Waals surface area contributed by atoms with Gasteiger partial charge in [-0.25, -0.2) is 0 Å². The average Bonchev–Trinajstić information content (AvgIpc) is 2.78. The largest absolute Gasteiger partial charge is 0.402 e. The second-order valence-corrected chi connectivity index (χ2v) is 14.2. The Hall–Kier alpha value is -1.68. The van der Waals surface area contributed by atoms with Gasteiger partial charge in [-0.15, -0.1) is 6.58 Å². The van der Waals surface area contributed by atoms with Crippen molar-refractivity contribution in [3.8, 4) is 0 Å². The van der Waals surface area contributed by atoms with E-state index < -0.39 is 8.32 Å². The first-order valence-electron chi connectivity index (χ1n) is 11.9. The minimum absolute atomic E-state index is 0.0220. The van der Waals surface area contributed by atoms with E-state index >= 15 is 0 Å². The predicted molar refractivity (Wildman–Crippen MR) is 135 cm³/mol. The second-order valence-electron chi connectivity index (χ2n) is 9.95. The zero-order valence-corrected chi connectivity index (χ0v) is 20.8. The van der Waals surface area contributed by atoms with Crippen molar-refractivity contribution in [2.75, 3.05) is 0 Å². The van der Waals surface area contributed by atoms with E-state index in [1.807, 2.05) is 6.08 Å². The van der Waals surface area contributed by atoms with Crippen LogP contribution in [0, 0.1) is 0 Å². The van der Waals surface area contributed by atoms with Gasteiger partial charge in [0.1, 0.15) is 0 Å². The summed E-state index contributed by atoms with van der Waals surface area (Å²) in [6.45, 7) is 13.2. The van der Waals surface area contributed by atoms with Crippen LogP contribution in [0.15, 0.2) is 73.3 Å². The van der Waals surface area contributed by atoms with Gasteiger partial charge in [0.15, 0.2) is 0 Å². The second kappa shape index (κ2) is 10.8. The lowest BCUT2D eigenvalue weighted by atomic mass is 9.97. The molecule has 1 aliphatic rings. The molecule has 0 heterocycles. The molecule has 2 aromatic rings. The van der Waals surface area contributed by atoms with Gasteiger partial charge < -0.3 is 9.16 Å². The summed E-state index contributed by atoms with van der Waals surface area (Å²) in [6.07, 6.45) is 9.37. The highest BCUT2D eigenvalue weighted by atomic mass is 28.4. The Labute approximate surface area is 190 Å². The summed E-state index contributed by atoms with van der Waals surface area (Å²) in [5.41, 5.74) is 0. The van der Waals surface area contributed by atoms with Gasteiger partial charge in [-0.1, -0.05) is 107 Å². The molecule has 0 unspecified atom stereocenters. The van der Waals surface area contributed by atoms with E-state index in [1.165, 1.54) is 42.5 Å². The van der Waals surface area contributed by atoms with E-state index in [-0.39, 0.29) is 17.2 Å². The third kappa shape index (κ3) is 5.57. The molecular formula is C28H40O2Si.